The Morgan fingerprint density at radius 1 is 1.03 bits per heavy atom. The van der Waals surface area contributed by atoms with Gasteiger partial charge in [-0.3, -0.25) is 9.11 Å². The van der Waals surface area contributed by atoms with E-state index in [-0.39, 0.29) is 104 Å². The van der Waals surface area contributed by atoms with Gasteiger partial charge in [-0.15, -0.1) is 0 Å². The largest absolute Gasteiger partial charge is 1.00 e. The van der Waals surface area contributed by atoms with E-state index < -0.39 is 31.4 Å². The number of allylic oxidation sites excluding steroid dienone is 1. The summed E-state index contributed by atoms with van der Waals surface area (Å²) < 4.78 is 66.8. The second kappa shape index (κ2) is 14.6. The molecule has 2 aromatic carbocycles. The number of anilines is 1. The molecule has 1 aliphatic rings. The summed E-state index contributed by atoms with van der Waals surface area (Å²) in [7, 11) is -8.54. The molecule has 0 radical (unpaired) electrons. The van der Waals surface area contributed by atoms with Crippen LogP contribution in [0.1, 0.15) is 36.5 Å². The molecule has 3 rings (SSSR count). The van der Waals surface area contributed by atoms with Crippen molar-refractivity contribution in [1.82, 2.24) is 0 Å². The smallest absolute Gasteiger partial charge is 1.00 e. The first kappa shape index (κ1) is 35.5. The molecule has 13 heteroatoms. The van der Waals surface area contributed by atoms with Gasteiger partial charge in [0.15, 0.2) is 5.71 Å². The van der Waals surface area contributed by atoms with Crippen molar-refractivity contribution < 1.29 is 123 Å². The van der Waals surface area contributed by atoms with E-state index in [0.717, 1.165) is 17.1 Å². The predicted molar refractivity (Wildman–Crippen MR) is 127 cm³/mol. The van der Waals surface area contributed by atoms with Gasteiger partial charge in [-0.2, -0.15) is 21.4 Å². The van der Waals surface area contributed by atoms with Gasteiger partial charge in [0.25, 0.3) is 20.2 Å². The third-order valence-electron chi connectivity index (χ3n) is 5.67. The number of para-hydroxylation sites is 1. The Bertz CT molecular complexity index is 1300. The van der Waals surface area contributed by atoms with Crippen LogP contribution in [0.15, 0.2) is 65.7 Å². The molecule has 0 saturated heterocycles. The second-order valence-corrected chi connectivity index (χ2v) is 10.8. The van der Waals surface area contributed by atoms with Crippen molar-refractivity contribution in [2.24, 2.45) is 0 Å². The summed E-state index contributed by atoms with van der Waals surface area (Å²) >= 11 is 0. The Morgan fingerprint density at radius 3 is 2.20 bits per heavy atom. The Kier molecular flexibility index (Phi) is 14.8. The average molecular weight is 552 g/mol. The first-order valence-corrected chi connectivity index (χ1v) is 13.2. The molecule has 1 unspecified atom stereocenters. The molecule has 35 heavy (non-hydrogen) atoms. The van der Waals surface area contributed by atoms with Crippen molar-refractivity contribution in [2.75, 3.05) is 17.6 Å². The van der Waals surface area contributed by atoms with E-state index in [9.17, 15) is 25.9 Å². The van der Waals surface area contributed by atoms with E-state index in [1.165, 1.54) is 12.1 Å². The van der Waals surface area contributed by atoms with E-state index in [4.69, 9.17) is 0 Å². The molecule has 178 valence electrons. The maximum atomic E-state index is 11.7. The topological polar surface area (TPSA) is 124 Å². The predicted octanol–water partition coefficient (Wildman–Crippen LogP) is -5.05. The molecule has 1 aliphatic heterocycles. The fraction of sp³-hybridized carbons (Fsp3) is 0.318. The van der Waals surface area contributed by atoms with Gasteiger partial charge in [0.1, 0.15) is 6.54 Å². The van der Waals surface area contributed by atoms with Crippen LogP contribution in [0.2, 0.25) is 0 Å². The molecule has 2 aromatic rings. The summed E-state index contributed by atoms with van der Waals surface area (Å²) in [4.78, 5) is -0.221. The number of hydrogen-bond acceptors (Lipinski definition) is 5. The maximum absolute atomic E-state index is 11.7. The number of nitrogens with zero attached hydrogens (tertiary/aromatic N) is 1. The van der Waals surface area contributed by atoms with Gasteiger partial charge in [0.2, 0.25) is 5.69 Å². The summed E-state index contributed by atoms with van der Waals surface area (Å²) in [5.74, 6) is -0.401. The van der Waals surface area contributed by atoms with Crippen molar-refractivity contribution in [2.45, 2.75) is 37.0 Å². The van der Waals surface area contributed by atoms with Crippen molar-refractivity contribution in [1.29, 1.82) is 0 Å². The normalized spacial score (nSPS) is 17.3. The molecule has 0 aromatic heterocycles. The van der Waals surface area contributed by atoms with Gasteiger partial charge in [-0.05, 0) is 51.0 Å². The van der Waals surface area contributed by atoms with Crippen molar-refractivity contribution >= 4 is 37.3 Å². The minimum atomic E-state index is -4.41. The quantitative estimate of drug-likeness (QED) is 0.162. The zero-order valence-electron chi connectivity index (χ0n) is 23.9. The molecule has 0 bridgehead atoms. The number of rotatable bonds is 9. The van der Waals surface area contributed by atoms with E-state index in [0.29, 0.717) is 18.5 Å². The summed E-state index contributed by atoms with van der Waals surface area (Å²) in [5, 5.41) is 3.20. The molecule has 0 aliphatic carbocycles. The van der Waals surface area contributed by atoms with Crippen LogP contribution in [0.3, 0.4) is 0 Å². The summed E-state index contributed by atoms with van der Waals surface area (Å²) in [5.41, 5.74) is 2.45. The van der Waals surface area contributed by atoms with Gasteiger partial charge in [-0.1, -0.05) is 18.2 Å². The Balaban J connectivity index is -0.000000963. The number of nitrogens with one attached hydrogen (secondary N) is 1. The van der Waals surface area contributed by atoms with Crippen LogP contribution in [0.4, 0.5) is 11.4 Å². The van der Waals surface area contributed by atoms with Crippen molar-refractivity contribution in [3.8, 4) is 0 Å². The van der Waals surface area contributed by atoms with Gasteiger partial charge >= 0.3 is 88.7 Å². The molecule has 1 heterocycles. The van der Waals surface area contributed by atoms with Crippen molar-refractivity contribution in [3.63, 3.8) is 0 Å². The first-order valence-electron chi connectivity index (χ1n) is 10.2. The average Bonchev–Trinajstić information content (AvgIpc) is 2.95. The Labute approximate surface area is 278 Å². The van der Waals surface area contributed by atoms with Crippen LogP contribution in [0.25, 0.3) is 0 Å². The minimum absolute atomic E-state index is 0. The molecule has 0 spiro atoms. The van der Waals surface area contributed by atoms with Crippen LogP contribution in [-0.4, -0.2) is 48.5 Å². The van der Waals surface area contributed by atoms with Gasteiger partial charge in [0.05, 0.1) is 16.1 Å². The van der Waals surface area contributed by atoms with Gasteiger partial charge in [0, 0.05) is 29.6 Å². The summed E-state index contributed by atoms with van der Waals surface area (Å²) in [6.45, 7) is 4.46. The third kappa shape index (κ3) is 9.02. The van der Waals surface area contributed by atoms with Crippen LogP contribution >= 0.6 is 0 Å². The molecule has 1 atom stereocenters. The van der Waals surface area contributed by atoms with Gasteiger partial charge in [-0.25, -0.2) is 0 Å². The van der Waals surface area contributed by atoms with Crippen LogP contribution < -0.4 is 94.0 Å². The standard InChI is InChI=1S/C22H26N2O6S2.3Na.3H/c1-3-24-20-11-10-18(32(28,29)30)16-19(20)22(2,13-7-15-31(25,26)27)21(24)12-14-23-17-8-5-4-6-9-17;;;;;;/h4-6,8-12,14,16H,3,7,13,15H2,1-2H3,(H2,25,26,27,28,29,30);;;;;;/q;3*+1;3*-1/p+1. The van der Waals surface area contributed by atoms with Gasteiger partial charge < -0.3 is 9.60 Å². The first-order chi connectivity index (χ1) is 15.0. The Morgan fingerprint density at radius 2 is 1.66 bits per heavy atom. The summed E-state index contributed by atoms with van der Waals surface area (Å²) in [6, 6.07) is 14.0. The van der Waals surface area contributed by atoms with E-state index in [1.54, 1.807) is 12.3 Å². The molecule has 3 N–H and O–H groups in total. The third-order valence-corrected chi connectivity index (χ3v) is 7.32. The molecule has 8 nitrogen and oxygen atoms in total. The second-order valence-electron chi connectivity index (χ2n) is 7.85. The van der Waals surface area contributed by atoms with E-state index >= 15 is 0 Å². The fourth-order valence-corrected chi connectivity index (χ4v) is 5.17. The van der Waals surface area contributed by atoms with E-state index in [1.807, 2.05) is 54.8 Å². The van der Waals surface area contributed by atoms with Crippen LogP contribution in [0.5, 0.6) is 0 Å². The Hall–Kier alpha value is 0.470. The SMILES string of the molecule is CC[N+]1=C(/C=C/Nc2ccccc2)C(C)(CCCS(=O)(=O)O)c2cc(S(=O)(=O)O)ccc21.[H-].[H-].[H-].[Na+].[Na+].[Na+]. The van der Waals surface area contributed by atoms with Crippen LogP contribution in [-0.2, 0) is 25.7 Å². The molecule has 0 saturated carbocycles. The number of benzene rings is 2. The molecule has 0 amide bonds. The zero-order chi connectivity index (χ0) is 23.6. The maximum Gasteiger partial charge on any atom is 1.00 e. The van der Waals surface area contributed by atoms with E-state index in [2.05, 4.69) is 5.32 Å². The monoisotopic (exact) mass is 551 g/mol. The number of hydrogen-bond donors (Lipinski definition) is 3. The van der Waals surface area contributed by atoms with Crippen molar-refractivity contribution in [3.05, 3.63) is 66.4 Å². The fourth-order valence-electron chi connectivity index (χ4n) is 4.16. The molecule has 0 fully saturated rings. The molecular formula is C22H30N2Na3O6S2+. The van der Waals surface area contributed by atoms with Crippen LogP contribution in [0, 0.1) is 0 Å². The number of fused-ring (bicyclic) bond motifs is 1. The summed E-state index contributed by atoms with van der Waals surface area (Å²) in [6.07, 6.45) is 4.18. The zero-order valence-corrected chi connectivity index (χ0v) is 28.5. The molecular weight excluding hydrogens is 521 g/mol. The minimum Gasteiger partial charge on any atom is -1.00 e.